The molecule has 0 amide bonds. The highest BCUT2D eigenvalue weighted by molar-refractivity contribution is 7.99. The molecule has 1 saturated heterocycles. The Morgan fingerprint density at radius 2 is 2.20 bits per heavy atom. The number of aromatic nitrogens is 2. The van der Waals surface area contributed by atoms with Crippen molar-refractivity contribution in [3.63, 3.8) is 0 Å². The SMILES string of the molecule is OCc1ccc(N2CCCSCC2)nn1. The van der Waals surface area contributed by atoms with E-state index in [2.05, 4.69) is 15.1 Å². The van der Waals surface area contributed by atoms with E-state index in [-0.39, 0.29) is 6.61 Å². The lowest BCUT2D eigenvalue weighted by molar-refractivity contribution is 0.275. The Labute approximate surface area is 93.7 Å². The minimum absolute atomic E-state index is 0.0386. The number of thioether (sulfide) groups is 1. The van der Waals surface area contributed by atoms with Gasteiger partial charge in [0, 0.05) is 18.8 Å². The van der Waals surface area contributed by atoms with Crippen LogP contribution in [0.5, 0.6) is 0 Å². The predicted octanol–water partition coefficient (Wildman–Crippen LogP) is 0.912. The fourth-order valence-electron chi connectivity index (χ4n) is 1.58. The maximum Gasteiger partial charge on any atom is 0.151 e. The number of hydrogen-bond donors (Lipinski definition) is 1. The van der Waals surface area contributed by atoms with E-state index in [1.54, 1.807) is 0 Å². The average molecular weight is 225 g/mol. The van der Waals surface area contributed by atoms with Gasteiger partial charge in [-0.15, -0.1) is 5.10 Å². The van der Waals surface area contributed by atoms with Gasteiger partial charge in [-0.2, -0.15) is 16.9 Å². The van der Waals surface area contributed by atoms with Crippen molar-refractivity contribution >= 4 is 17.6 Å². The molecule has 1 fully saturated rings. The molecule has 2 heterocycles. The fraction of sp³-hybridized carbons (Fsp3) is 0.600. The third-order valence-corrected chi connectivity index (χ3v) is 3.46. The molecule has 1 aromatic rings. The summed E-state index contributed by atoms with van der Waals surface area (Å²) in [6.07, 6.45) is 1.20. The van der Waals surface area contributed by atoms with E-state index < -0.39 is 0 Å². The highest BCUT2D eigenvalue weighted by atomic mass is 32.2. The Kier molecular flexibility index (Phi) is 3.80. The van der Waals surface area contributed by atoms with Crippen molar-refractivity contribution in [2.24, 2.45) is 0 Å². The van der Waals surface area contributed by atoms with Gasteiger partial charge < -0.3 is 10.0 Å². The molecule has 1 N–H and O–H groups in total. The fourth-order valence-corrected chi connectivity index (χ4v) is 2.47. The molecule has 2 rings (SSSR count). The van der Waals surface area contributed by atoms with Crippen LogP contribution in [0.1, 0.15) is 12.1 Å². The predicted molar refractivity (Wildman–Crippen MR) is 62.1 cm³/mol. The molecule has 15 heavy (non-hydrogen) atoms. The Morgan fingerprint density at radius 3 is 2.93 bits per heavy atom. The lowest BCUT2D eigenvalue weighted by atomic mass is 10.3. The van der Waals surface area contributed by atoms with Gasteiger partial charge in [0.15, 0.2) is 5.82 Å². The van der Waals surface area contributed by atoms with Crippen LogP contribution < -0.4 is 4.90 Å². The van der Waals surface area contributed by atoms with Crippen molar-refractivity contribution in [2.45, 2.75) is 13.0 Å². The molecule has 0 aliphatic carbocycles. The van der Waals surface area contributed by atoms with Crippen molar-refractivity contribution in [3.8, 4) is 0 Å². The minimum atomic E-state index is -0.0386. The van der Waals surface area contributed by atoms with Gasteiger partial charge in [-0.25, -0.2) is 0 Å². The summed E-state index contributed by atoms with van der Waals surface area (Å²) in [5.41, 5.74) is 0.628. The second-order valence-corrected chi connectivity index (χ2v) is 4.72. The largest absolute Gasteiger partial charge is 0.390 e. The molecule has 82 valence electrons. The zero-order valence-electron chi connectivity index (χ0n) is 8.59. The van der Waals surface area contributed by atoms with E-state index in [0.29, 0.717) is 5.69 Å². The standard InChI is InChI=1S/C10H15N3OS/c14-8-9-2-3-10(12-11-9)13-4-1-6-15-7-5-13/h2-3,14H,1,4-8H2. The molecule has 1 aliphatic heterocycles. The lowest BCUT2D eigenvalue weighted by Gasteiger charge is -2.20. The number of anilines is 1. The van der Waals surface area contributed by atoms with E-state index >= 15 is 0 Å². The molecule has 0 bridgehead atoms. The summed E-state index contributed by atoms with van der Waals surface area (Å²) in [6, 6.07) is 3.77. The summed E-state index contributed by atoms with van der Waals surface area (Å²) in [5.74, 6) is 3.32. The number of aliphatic hydroxyl groups is 1. The van der Waals surface area contributed by atoms with Gasteiger partial charge in [0.2, 0.25) is 0 Å². The smallest absolute Gasteiger partial charge is 0.151 e. The highest BCUT2D eigenvalue weighted by Gasteiger charge is 2.11. The van der Waals surface area contributed by atoms with Crippen LogP contribution in [-0.4, -0.2) is 39.9 Å². The topological polar surface area (TPSA) is 49.2 Å². The molecule has 0 spiro atoms. The van der Waals surface area contributed by atoms with Crippen molar-refractivity contribution < 1.29 is 5.11 Å². The van der Waals surface area contributed by atoms with Gasteiger partial charge in [-0.3, -0.25) is 0 Å². The molecule has 4 nitrogen and oxygen atoms in total. The van der Waals surface area contributed by atoms with E-state index in [1.165, 1.54) is 12.2 Å². The highest BCUT2D eigenvalue weighted by Crippen LogP contribution is 2.16. The van der Waals surface area contributed by atoms with Crippen molar-refractivity contribution in [1.29, 1.82) is 0 Å². The molecular formula is C10H15N3OS. The third kappa shape index (κ3) is 2.82. The van der Waals surface area contributed by atoms with E-state index in [0.717, 1.165) is 24.7 Å². The molecule has 0 atom stereocenters. The summed E-state index contributed by atoms with van der Waals surface area (Å²) >= 11 is 1.99. The minimum Gasteiger partial charge on any atom is -0.390 e. The maximum absolute atomic E-state index is 8.86. The molecule has 0 aromatic carbocycles. The molecule has 1 aliphatic rings. The molecule has 1 aromatic heterocycles. The van der Waals surface area contributed by atoms with Crippen molar-refractivity contribution in [3.05, 3.63) is 17.8 Å². The number of rotatable bonds is 2. The summed E-state index contributed by atoms with van der Waals surface area (Å²) in [4.78, 5) is 2.26. The summed E-state index contributed by atoms with van der Waals surface area (Å²) in [5, 5.41) is 16.9. The first kappa shape index (κ1) is 10.7. The molecular weight excluding hydrogens is 210 g/mol. The first-order valence-corrected chi connectivity index (χ1v) is 6.32. The van der Waals surface area contributed by atoms with Crippen LogP contribution in [0.25, 0.3) is 0 Å². The summed E-state index contributed by atoms with van der Waals surface area (Å²) in [6.45, 7) is 2.06. The second-order valence-electron chi connectivity index (χ2n) is 3.49. The summed E-state index contributed by atoms with van der Waals surface area (Å²) < 4.78 is 0. The van der Waals surface area contributed by atoms with Crippen LogP contribution in [0, 0.1) is 0 Å². The van der Waals surface area contributed by atoms with E-state index in [9.17, 15) is 0 Å². The monoisotopic (exact) mass is 225 g/mol. The Hall–Kier alpha value is -0.810. The van der Waals surface area contributed by atoms with Crippen LogP contribution in [0.4, 0.5) is 5.82 Å². The zero-order valence-corrected chi connectivity index (χ0v) is 9.41. The van der Waals surface area contributed by atoms with Gasteiger partial charge >= 0.3 is 0 Å². The van der Waals surface area contributed by atoms with E-state index in [4.69, 9.17) is 5.11 Å². The van der Waals surface area contributed by atoms with Crippen LogP contribution in [0.3, 0.4) is 0 Å². The Morgan fingerprint density at radius 1 is 1.27 bits per heavy atom. The first-order chi connectivity index (χ1) is 7.40. The third-order valence-electron chi connectivity index (χ3n) is 2.41. The first-order valence-electron chi connectivity index (χ1n) is 5.16. The van der Waals surface area contributed by atoms with Crippen LogP contribution in [-0.2, 0) is 6.61 Å². The van der Waals surface area contributed by atoms with Crippen molar-refractivity contribution in [2.75, 3.05) is 29.5 Å². The molecule has 0 saturated carbocycles. The zero-order chi connectivity index (χ0) is 10.5. The average Bonchev–Trinajstić information content (AvgIpc) is 2.58. The van der Waals surface area contributed by atoms with E-state index in [1.807, 2.05) is 23.9 Å². The van der Waals surface area contributed by atoms with Crippen LogP contribution in [0.15, 0.2) is 12.1 Å². The Bertz CT molecular complexity index is 296. The van der Waals surface area contributed by atoms with Gasteiger partial charge in [-0.1, -0.05) is 0 Å². The van der Waals surface area contributed by atoms with Gasteiger partial charge in [0.05, 0.1) is 12.3 Å². The molecule has 0 unspecified atom stereocenters. The van der Waals surface area contributed by atoms with Crippen LogP contribution in [0.2, 0.25) is 0 Å². The normalized spacial score (nSPS) is 17.5. The summed E-state index contributed by atoms with van der Waals surface area (Å²) in [7, 11) is 0. The number of hydrogen-bond acceptors (Lipinski definition) is 5. The molecule has 0 radical (unpaired) electrons. The number of nitrogens with zero attached hydrogens (tertiary/aromatic N) is 3. The van der Waals surface area contributed by atoms with Crippen molar-refractivity contribution in [1.82, 2.24) is 10.2 Å². The lowest BCUT2D eigenvalue weighted by Crippen LogP contribution is -2.26. The number of aliphatic hydroxyl groups excluding tert-OH is 1. The maximum atomic E-state index is 8.86. The van der Waals surface area contributed by atoms with Gasteiger partial charge in [0.25, 0.3) is 0 Å². The van der Waals surface area contributed by atoms with Gasteiger partial charge in [0.1, 0.15) is 0 Å². The molecule has 5 heteroatoms. The Balaban J connectivity index is 2.06. The second kappa shape index (κ2) is 5.32. The van der Waals surface area contributed by atoms with Crippen LogP contribution >= 0.6 is 11.8 Å². The quantitative estimate of drug-likeness (QED) is 0.811. The van der Waals surface area contributed by atoms with Gasteiger partial charge in [-0.05, 0) is 24.3 Å².